The Morgan fingerprint density at radius 3 is 2.86 bits per heavy atom. The lowest BCUT2D eigenvalue weighted by Crippen LogP contribution is -2.39. The van der Waals surface area contributed by atoms with Crippen LogP contribution in [0.5, 0.6) is 0 Å². The monoisotopic (exact) mass is 423 g/mol. The number of carbonyl (C=O) groups excluding carboxylic acids is 3. The van der Waals surface area contributed by atoms with Gasteiger partial charge in [0.1, 0.15) is 10.3 Å². The number of ether oxygens (including phenoxy) is 2. The van der Waals surface area contributed by atoms with Crippen molar-refractivity contribution < 1.29 is 23.9 Å². The summed E-state index contributed by atoms with van der Waals surface area (Å²) in [5, 5.41) is 3.47. The van der Waals surface area contributed by atoms with Crippen molar-refractivity contribution in [3.8, 4) is 0 Å². The van der Waals surface area contributed by atoms with Gasteiger partial charge in [-0.05, 0) is 24.8 Å². The average molecular weight is 424 g/mol. The maximum atomic E-state index is 12.6. The second kappa shape index (κ2) is 8.22. The van der Waals surface area contributed by atoms with E-state index in [1.165, 1.54) is 30.2 Å². The quantitative estimate of drug-likeness (QED) is 0.736. The molecule has 1 saturated heterocycles. The Kier molecular flexibility index (Phi) is 5.70. The van der Waals surface area contributed by atoms with Crippen molar-refractivity contribution in [2.24, 2.45) is 4.99 Å². The van der Waals surface area contributed by atoms with Gasteiger partial charge < -0.3 is 19.7 Å². The predicted octanol–water partition coefficient (Wildman–Crippen LogP) is 1.68. The van der Waals surface area contributed by atoms with E-state index >= 15 is 0 Å². The minimum absolute atomic E-state index is 0.0179. The van der Waals surface area contributed by atoms with Crippen LogP contribution in [0.25, 0.3) is 0 Å². The molecule has 3 aliphatic rings. The van der Waals surface area contributed by atoms with Crippen molar-refractivity contribution in [1.82, 2.24) is 4.90 Å². The standard InChI is InChI=1S/C18H21N3O5S2/c1-25-17(24)14-10-3-2-4-11(10)27-16(14)19-13(22)9-12-15(23)20-18(28-12)21-5-7-26-8-6-21/h12H,2-9H2,1H3,(H,19,22)/t12-/m0/s1. The third-order valence-corrected chi connectivity index (χ3v) is 7.37. The van der Waals surface area contributed by atoms with Crippen molar-refractivity contribution in [1.29, 1.82) is 0 Å². The SMILES string of the molecule is COC(=O)c1c(NC(=O)C[C@@H]2SC(N3CCOCC3)=NC2=O)sc2c1CCC2. The third kappa shape index (κ3) is 3.81. The highest BCUT2D eigenvalue weighted by molar-refractivity contribution is 8.15. The van der Waals surface area contributed by atoms with Gasteiger partial charge in [0.05, 0.1) is 25.9 Å². The molecule has 0 spiro atoms. The van der Waals surface area contributed by atoms with Crippen LogP contribution < -0.4 is 5.32 Å². The number of aliphatic imine (C=N–C) groups is 1. The first-order valence-corrected chi connectivity index (χ1v) is 10.9. The molecule has 1 N–H and O–H groups in total. The van der Waals surface area contributed by atoms with Gasteiger partial charge in [0.2, 0.25) is 5.91 Å². The minimum atomic E-state index is -0.536. The Balaban J connectivity index is 1.40. The topological polar surface area (TPSA) is 97.3 Å². The van der Waals surface area contributed by atoms with E-state index in [1.54, 1.807) is 0 Å². The molecule has 0 radical (unpaired) electrons. The number of hydrogen-bond acceptors (Lipinski definition) is 8. The van der Waals surface area contributed by atoms with Gasteiger partial charge in [-0.3, -0.25) is 9.59 Å². The molecular formula is C18H21N3O5S2. The van der Waals surface area contributed by atoms with Gasteiger partial charge >= 0.3 is 5.97 Å². The summed E-state index contributed by atoms with van der Waals surface area (Å²) < 4.78 is 10.2. The number of thiophene rings is 1. The zero-order valence-corrected chi connectivity index (χ0v) is 17.1. The van der Waals surface area contributed by atoms with E-state index in [9.17, 15) is 14.4 Å². The molecule has 0 saturated carbocycles. The summed E-state index contributed by atoms with van der Waals surface area (Å²) in [5.41, 5.74) is 1.44. The maximum Gasteiger partial charge on any atom is 0.341 e. The summed E-state index contributed by atoms with van der Waals surface area (Å²) >= 11 is 2.75. The summed E-state index contributed by atoms with van der Waals surface area (Å²) in [5.74, 6) is -1.02. The van der Waals surface area contributed by atoms with Crippen molar-refractivity contribution in [2.75, 3.05) is 38.7 Å². The number of carbonyl (C=O) groups is 3. The Labute approximate surface area is 170 Å². The summed E-state index contributed by atoms with van der Waals surface area (Å²) in [6.45, 7) is 2.61. The molecule has 1 aromatic heterocycles. The molecule has 150 valence electrons. The Hall–Kier alpha value is -1.91. The number of aryl methyl sites for hydroxylation is 1. The van der Waals surface area contributed by atoms with Crippen LogP contribution in [0.4, 0.5) is 5.00 Å². The van der Waals surface area contributed by atoms with Crippen LogP contribution in [0.2, 0.25) is 0 Å². The number of amides is 2. The highest BCUT2D eigenvalue weighted by atomic mass is 32.2. The summed E-state index contributed by atoms with van der Waals surface area (Å²) in [7, 11) is 1.34. The minimum Gasteiger partial charge on any atom is -0.465 e. The maximum absolute atomic E-state index is 12.6. The Bertz CT molecular complexity index is 845. The summed E-state index contributed by atoms with van der Waals surface area (Å²) in [6.07, 6.45) is 2.76. The normalized spacial score (nSPS) is 21.5. The number of morpholine rings is 1. The van der Waals surface area contributed by atoms with Crippen molar-refractivity contribution in [3.63, 3.8) is 0 Å². The van der Waals surface area contributed by atoms with Crippen LogP contribution >= 0.6 is 23.1 Å². The number of nitrogens with one attached hydrogen (secondary N) is 1. The van der Waals surface area contributed by atoms with Gasteiger partial charge in [0.15, 0.2) is 5.17 Å². The highest BCUT2D eigenvalue weighted by Crippen LogP contribution is 2.39. The molecule has 0 unspecified atom stereocenters. The zero-order valence-electron chi connectivity index (χ0n) is 15.5. The first-order chi connectivity index (χ1) is 13.6. The van der Waals surface area contributed by atoms with Crippen molar-refractivity contribution >= 4 is 51.1 Å². The number of amidine groups is 1. The number of nitrogens with zero attached hydrogens (tertiary/aromatic N) is 2. The lowest BCUT2D eigenvalue weighted by molar-refractivity contribution is -0.121. The molecule has 3 heterocycles. The molecule has 1 fully saturated rings. The molecule has 2 aliphatic heterocycles. The molecule has 0 aromatic carbocycles. The Morgan fingerprint density at radius 2 is 2.11 bits per heavy atom. The van der Waals surface area contributed by atoms with E-state index in [0.29, 0.717) is 42.0 Å². The summed E-state index contributed by atoms with van der Waals surface area (Å²) in [4.78, 5) is 44.3. The van der Waals surface area contributed by atoms with Crippen LogP contribution in [-0.2, 0) is 31.9 Å². The van der Waals surface area contributed by atoms with Gasteiger partial charge in [-0.1, -0.05) is 11.8 Å². The number of thioether (sulfide) groups is 1. The predicted molar refractivity (Wildman–Crippen MR) is 107 cm³/mol. The van der Waals surface area contributed by atoms with E-state index in [-0.39, 0.29) is 18.2 Å². The molecule has 4 rings (SSSR count). The van der Waals surface area contributed by atoms with Crippen molar-refractivity contribution in [2.45, 2.75) is 30.9 Å². The number of rotatable bonds is 4. The molecule has 1 aromatic rings. The fourth-order valence-corrected chi connectivity index (χ4v) is 5.97. The first-order valence-electron chi connectivity index (χ1n) is 9.21. The highest BCUT2D eigenvalue weighted by Gasteiger charge is 2.34. The van der Waals surface area contributed by atoms with Crippen LogP contribution in [0.15, 0.2) is 4.99 Å². The van der Waals surface area contributed by atoms with Crippen molar-refractivity contribution in [3.05, 3.63) is 16.0 Å². The van der Waals surface area contributed by atoms with Crippen LogP contribution in [-0.4, -0.2) is 66.5 Å². The molecule has 1 atom stereocenters. The lowest BCUT2D eigenvalue weighted by atomic mass is 10.1. The fourth-order valence-electron chi connectivity index (χ4n) is 3.56. The summed E-state index contributed by atoms with van der Waals surface area (Å²) in [6, 6.07) is 0. The van der Waals surface area contributed by atoms with E-state index in [0.717, 1.165) is 29.7 Å². The van der Waals surface area contributed by atoms with E-state index < -0.39 is 11.2 Å². The van der Waals surface area contributed by atoms with Gasteiger partial charge in [0.25, 0.3) is 5.91 Å². The van der Waals surface area contributed by atoms with Crippen LogP contribution in [0, 0.1) is 0 Å². The largest absolute Gasteiger partial charge is 0.465 e. The van der Waals surface area contributed by atoms with Crippen LogP contribution in [0.3, 0.4) is 0 Å². The number of anilines is 1. The third-order valence-electron chi connectivity index (χ3n) is 4.95. The number of esters is 1. The van der Waals surface area contributed by atoms with Gasteiger partial charge in [-0.2, -0.15) is 4.99 Å². The number of hydrogen-bond donors (Lipinski definition) is 1. The number of methoxy groups -OCH3 is 1. The average Bonchev–Trinajstić information content (AvgIpc) is 3.37. The Morgan fingerprint density at radius 1 is 1.32 bits per heavy atom. The van der Waals surface area contributed by atoms with Crippen LogP contribution in [0.1, 0.15) is 33.6 Å². The van der Waals surface area contributed by atoms with Gasteiger partial charge in [-0.15, -0.1) is 11.3 Å². The second-order valence-electron chi connectivity index (χ2n) is 6.74. The van der Waals surface area contributed by atoms with E-state index in [2.05, 4.69) is 10.3 Å². The van der Waals surface area contributed by atoms with Gasteiger partial charge in [0, 0.05) is 24.4 Å². The molecule has 0 bridgehead atoms. The van der Waals surface area contributed by atoms with E-state index in [4.69, 9.17) is 9.47 Å². The first kappa shape index (κ1) is 19.4. The molecule has 8 nitrogen and oxygen atoms in total. The van der Waals surface area contributed by atoms with E-state index in [1.807, 2.05) is 4.90 Å². The smallest absolute Gasteiger partial charge is 0.341 e. The second-order valence-corrected chi connectivity index (χ2v) is 9.02. The zero-order chi connectivity index (χ0) is 19.7. The fraction of sp³-hybridized carbons (Fsp3) is 0.556. The molecule has 2 amide bonds. The lowest BCUT2D eigenvalue weighted by Gasteiger charge is -2.27. The van der Waals surface area contributed by atoms with Gasteiger partial charge in [-0.25, -0.2) is 4.79 Å². The molecule has 10 heteroatoms. The molecule has 28 heavy (non-hydrogen) atoms. The molecule has 1 aliphatic carbocycles. The number of fused-ring (bicyclic) bond motifs is 1. The molecular weight excluding hydrogens is 402 g/mol.